The van der Waals surface area contributed by atoms with Crippen molar-refractivity contribution in [2.24, 2.45) is 0 Å². The summed E-state index contributed by atoms with van der Waals surface area (Å²) < 4.78 is 0. The third kappa shape index (κ3) is 15.4. The Morgan fingerprint density at radius 3 is 1.55 bits per heavy atom. The van der Waals surface area contributed by atoms with Crippen molar-refractivity contribution in [1.82, 2.24) is 0 Å². The van der Waals surface area contributed by atoms with Crippen molar-refractivity contribution in [3.8, 4) is 0 Å². The molecule has 0 fully saturated rings. The molecular weight excluding hydrogens is 256 g/mol. The maximum Gasteiger partial charge on any atom is 0.305 e. The van der Waals surface area contributed by atoms with E-state index in [1.165, 1.54) is 44.9 Å². The first-order valence-electron chi connectivity index (χ1n) is 8.17. The van der Waals surface area contributed by atoms with Crippen LogP contribution in [0.3, 0.4) is 0 Å². The third-order valence-electron chi connectivity index (χ3n) is 3.61. The van der Waals surface area contributed by atoms with Gasteiger partial charge in [-0.2, -0.15) is 0 Å². The van der Waals surface area contributed by atoms with E-state index in [0.717, 1.165) is 25.7 Å². The Bertz CT molecular complexity index is 219. The number of unbranched alkanes of at least 4 members (excludes halogenated alkanes) is 10. The second-order valence-electron chi connectivity index (χ2n) is 5.65. The number of carboxylic acid groups (broad SMARTS) is 1. The summed E-state index contributed by atoms with van der Waals surface area (Å²) in [4.78, 5) is 10.4. The molecular formula is C16H32O4. The lowest BCUT2D eigenvalue weighted by Crippen LogP contribution is -2.12. The zero-order valence-corrected chi connectivity index (χ0v) is 12.7. The van der Waals surface area contributed by atoms with Crippen molar-refractivity contribution in [2.75, 3.05) is 6.61 Å². The molecule has 4 nitrogen and oxygen atoms in total. The van der Waals surface area contributed by atoms with Gasteiger partial charge >= 0.3 is 5.97 Å². The fourth-order valence-corrected chi connectivity index (χ4v) is 2.39. The highest BCUT2D eigenvalue weighted by Gasteiger charge is 2.08. The van der Waals surface area contributed by atoms with E-state index in [1.54, 1.807) is 0 Å². The van der Waals surface area contributed by atoms with Gasteiger partial charge in [-0.3, -0.25) is 4.79 Å². The molecule has 0 radical (unpaired) electrons. The molecule has 0 amide bonds. The first-order chi connectivity index (χ1) is 9.66. The average molecular weight is 288 g/mol. The van der Waals surface area contributed by atoms with E-state index in [9.17, 15) is 9.90 Å². The average Bonchev–Trinajstić information content (AvgIpc) is 2.39. The minimum atomic E-state index is -0.920. The second-order valence-corrected chi connectivity index (χ2v) is 5.65. The van der Waals surface area contributed by atoms with Crippen molar-refractivity contribution in [3.63, 3.8) is 0 Å². The molecule has 0 aromatic carbocycles. The Hall–Kier alpha value is -0.610. The highest BCUT2D eigenvalue weighted by atomic mass is 16.4. The molecule has 3 N–H and O–H groups in total. The van der Waals surface area contributed by atoms with Crippen molar-refractivity contribution in [3.05, 3.63) is 0 Å². The molecule has 0 aromatic heterocycles. The van der Waals surface area contributed by atoms with Crippen molar-refractivity contribution < 1.29 is 20.1 Å². The number of carboxylic acids is 1. The molecule has 120 valence electrons. The summed E-state index contributed by atoms with van der Waals surface area (Å²) in [6.45, 7) is 0.321. The van der Waals surface area contributed by atoms with Crippen molar-refractivity contribution in [2.45, 2.75) is 89.6 Å². The Balaban J connectivity index is 3.08. The number of aliphatic hydroxyl groups is 2. The smallest absolute Gasteiger partial charge is 0.305 e. The fourth-order valence-electron chi connectivity index (χ4n) is 2.39. The van der Waals surface area contributed by atoms with Crippen LogP contribution in [0.25, 0.3) is 0 Å². The predicted octanol–water partition coefficient (Wildman–Crippen LogP) is 3.50. The minimum Gasteiger partial charge on any atom is -0.481 e. The highest BCUT2D eigenvalue weighted by molar-refractivity contribution is 5.67. The highest BCUT2D eigenvalue weighted by Crippen LogP contribution is 2.13. The van der Waals surface area contributed by atoms with Crippen LogP contribution < -0.4 is 0 Å². The zero-order chi connectivity index (χ0) is 15.1. The van der Waals surface area contributed by atoms with E-state index < -0.39 is 12.1 Å². The normalized spacial score (nSPS) is 12.5. The maximum absolute atomic E-state index is 10.4. The van der Waals surface area contributed by atoms with E-state index >= 15 is 0 Å². The van der Waals surface area contributed by atoms with Crippen LogP contribution in [0, 0.1) is 0 Å². The lowest BCUT2D eigenvalue weighted by Gasteiger charge is -2.07. The topological polar surface area (TPSA) is 77.8 Å². The number of carbonyl (C=O) groups is 1. The number of hydrogen-bond acceptors (Lipinski definition) is 3. The van der Waals surface area contributed by atoms with Crippen LogP contribution in [0.5, 0.6) is 0 Å². The molecule has 0 aliphatic heterocycles. The Morgan fingerprint density at radius 2 is 1.15 bits per heavy atom. The molecule has 0 aliphatic rings. The maximum atomic E-state index is 10.4. The van der Waals surface area contributed by atoms with Crippen LogP contribution in [-0.2, 0) is 4.79 Å². The summed E-state index contributed by atoms with van der Waals surface area (Å²) in [5.41, 5.74) is 0. The van der Waals surface area contributed by atoms with Gasteiger partial charge in [-0.05, 0) is 12.8 Å². The van der Waals surface area contributed by atoms with Crippen molar-refractivity contribution >= 4 is 5.97 Å². The molecule has 20 heavy (non-hydrogen) atoms. The molecule has 1 atom stereocenters. The molecule has 0 heterocycles. The Kier molecular flexibility index (Phi) is 14.3. The summed E-state index contributed by atoms with van der Waals surface area (Å²) in [5.74, 6) is -0.920. The minimum absolute atomic E-state index is 0.129. The first-order valence-corrected chi connectivity index (χ1v) is 8.17. The molecule has 4 heteroatoms. The van der Waals surface area contributed by atoms with Gasteiger partial charge in [-0.25, -0.2) is 0 Å². The van der Waals surface area contributed by atoms with E-state index in [4.69, 9.17) is 10.2 Å². The summed E-state index contributed by atoms with van der Waals surface area (Å²) in [7, 11) is 0. The van der Waals surface area contributed by atoms with Crippen LogP contribution in [0.15, 0.2) is 0 Å². The summed E-state index contributed by atoms with van der Waals surface area (Å²) in [5, 5.41) is 26.5. The largest absolute Gasteiger partial charge is 0.481 e. The van der Waals surface area contributed by atoms with Crippen LogP contribution in [-0.4, -0.2) is 34.0 Å². The van der Waals surface area contributed by atoms with E-state index in [1.807, 2.05) is 0 Å². The molecule has 0 rings (SSSR count). The van der Waals surface area contributed by atoms with Gasteiger partial charge in [0.25, 0.3) is 0 Å². The lowest BCUT2D eigenvalue weighted by atomic mass is 10.0. The van der Waals surface area contributed by atoms with Gasteiger partial charge in [0.2, 0.25) is 0 Å². The van der Waals surface area contributed by atoms with Gasteiger partial charge < -0.3 is 15.3 Å². The fraction of sp³-hybridized carbons (Fsp3) is 0.938. The number of aliphatic hydroxyl groups excluding tert-OH is 2. The standard InChI is InChI=1S/C16H32O4/c17-13-11-9-7-5-3-1-2-4-6-8-10-12-15(18)14-16(19)20/h15,17-18H,1-14H2,(H,19,20)/t15-/m1/s1. The molecule has 0 spiro atoms. The van der Waals surface area contributed by atoms with Gasteiger partial charge in [-0.1, -0.05) is 64.2 Å². The zero-order valence-electron chi connectivity index (χ0n) is 12.7. The van der Waals surface area contributed by atoms with Crippen molar-refractivity contribution in [1.29, 1.82) is 0 Å². The summed E-state index contributed by atoms with van der Waals surface area (Å²) >= 11 is 0. The Morgan fingerprint density at radius 1 is 0.750 bits per heavy atom. The SMILES string of the molecule is O=C(O)C[C@H](O)CCCCCCCCCCCCCO. The molecule has 0 bridgehead atoms. The monoisotopic (exact) mass is 288 g/mol. The van der Waals surface area contributed by atoms with E-state index in [-0.39, 0.29) is 6.42 Å². The number of hydrogen-bond donors (Lipinski definition) is 3. The molecule has 0 unspecified atom stereocenters. The van der Waals surface area contributed by atoms with Gasteiger partial charge in [-0.15, -0.1) is 0 Å². The van der Waals surface area contributed by atoms with Crippen LogP contribution in [0.1, 0.15) is 83.5 Å². The van der Waals surface area contributed by atoms with Gasteiger partial charge in [0.05, 0.1) is 12.5 Å². The van der Waals surface area contributed by atoms with E-state index in [2.05, 4.69) is 0 Å². The summed E-state index contributed by atoms with van der Waals surface area (Å²) in [6, 6.07) is 0. The molecule has 0 saturated carbocycles. The predicted molar refractivity (Wildman–Crippen MR) is 80.7 cm³/mol. The lowest BCUT2D eigenvalue weighted by molar-refractivity contribution is -0.139. The van der Waals surface area contributed by atoms with Gasteiger partial charge in [0.15, 0.2) is 0 Å². The van der Waals surface area contributed by atoms with Crippen LogP contribution >= 0.6 is 0 Å². The van der Waals surface area contributed by atoms with Gasteiger partial charge in [0.1, 0.15) is 0 Å². The van der Waals surface area contributed by atoms with Gasteiger partial charge in [0, 0.05) is 6.61 Å². The number of rotatable bonds is 15. The van der Waals surface area contributed by atoms with Crippen LogP contribution in [0.2, 0.25) is 0 Å². The molecule has 0 aromatic rings. The Labute approximate surface area is 123 Å². The first kappa shape index (κ1) is 19.4. The summed E-state index contributed by atoms with van der Waals surface area (Å²) in [6.07, 6.45) is 12.7. The quantitative estimate of drug-likeness (QED) is 0.403. The third-order valence-corrected chi connectivity index (χ3v) is 3.61. The van der Waals surface area contributed by atoms with E-state index in [0.29, 0.717) is 13.0 Å². The van der Waals surface area contributed by atoms with Crippen LogP contribution in [0.4, 0.5) is 0 Å². The molecule has 0 saturated heterocycles. The second kappa shape index (κ2) is 14.8. The number of aliphatic carboxylic acids is 1. The molecule has 0 aliphatic carbocycles.